The maximum Gasteiger partial charge on any atom is 0.313 e. The van der Waals surface area contributed by atoms with Crippen LogP contribution in [0.15, 0.2) is 54.7 Å². The average molecular weight is 374 g/mol. The van der Waals surface area contributed by atoms with Gasteiger partial charge in [-0.05, 0) is 42.0 Å². The molecule has 1 heterocycles. The smallest absolute Gasteiger partial charge is 0.313 e. The molecule has 0 saturated heterocycles. The number of amides is 2. The number of hydrogen-bond acceptors (Lipinski definition) is 3. The van der Waals surface area contributed by atoms with Gasteiger partial charge in [-0.25, -0.2) is 0 Å². The van der Waals surface area contributed by atoms with Crippen LogP contribution in [0, 0.1) is 0 Å². The SMILES string of the molecule is O=C(NCc1ccc(Cl)cc1Cl)C(=O)Nc1cccc2ncccc12. The summed E-state index contributed by atoms with van der Waals surface area (Å²) in [6, 6.07) is 13.8. The lowest BCUT2D eigenvalue weighted by molar-refractivity contribution is -0.136. The van der Waals surface area contributed by atoms with Crippen molar-refractivity contribution in [2.45, 2.75) is 6.54 Å². The van der Waals surface area contributed by atoms with Gasteiger partial charge in [0.05, 0.1) is 11.2 Å². The van der Waals surface area contributed by atoms with Gasteiger partial charge in [0.25, 0.3) is 0 Å². The van der Waals surface area contributed by atoms with Gasteiger partial charge in [0.1, 0.15) is 0 Å². The highest BCUT2D eigenvalue weighted by Gasteiger charge is 2.15. The lowest BCUT2D eigenvalue weighted by Gasteiger charge is -2.09. The van der Waals surface area contributed by atoms with Gasteiger partial charge in [0.15, 0.2) is 0 Å². The first-order chi connectivity index (χ1) is 12.0. The number of carbonyl (C=O) groups excluding carboxylic acids is 2. The Hall–Kier alpha value is -2.63. The molecule has 3 rings (SSSR count). The predicted molar refractivity (Wildman–Crippen MR) is 98.7 cm³/mol. The molecule has 0 atom stereocenters. The van der Waals surface area contributed by atoms with E-state index in [0.29, 0.717) is 21.3 Å². The zero-order chi connectivity index (χ0) is 17.8. The largest absolute Gasteiger partial charge is 0.344 e. The first-order valence-corrected chi connectivity index (χ1v) is 8.17. The lowest BCUT2D eigenvalue weighted by Crippen LogP contribution is -2.35. The molecule has 0 aliphatic carbocycles. The van der Waals surface area contributed by atoms with E-state index in [1.54, 1.807) is 42.6 Å². The Kier molecular flexibility index (Phi) is 5.16. The number of halogens is 2. The minimum atomic E-state index is -0.763. The first-order valence-electron chi connectivity index (χ1n) is 7.41. The summed E-state index contributed by atoms with van der Waals surface area (Å²) in [6.07, 6.45) is 1.66. The van der Waals surface area contributed by atoms with Gasteiger partial charge in [-0.2, -0.15) is 0 Å². The highest BCUT2D eigenvalue weighted by molar-refractivity contribution is 6.40. The molecule has 126 valence electrons. The van der Waals surface area contributed by atoms with Gasteiger partial charge in [0.2, 0.25) is 0 Å². The fourth-order valence-electron chi connectivity index (χ4n) is 2.31. The van der Waals surface area contributed by atoms with Crippen LogP contribution in [0.25, 0.3) is 10.9 Å². The summed E-state index contributed by atoms with van der Waals surface area (Å²) >= 11 is 11.9. The Balaban J connectivity index is 1.67. The van der Waals surface area contributed by atoms with E-state index >= 15 is 0 Å². The molecule has 5 nitrogen and oxygen atoms in total. The summed E-state index contributed by atoms with van der Waals surface area (Å²) in [4.78, 5) is 28.4. The molecule has 2 aromatic carbocycles. The average Bonchev–Trinajstić information content (AvgIpc) is 2.61. The van der Waals surface area contributed by atoms with E-state index in [2.05, 4.69) is 15.6 Å². The van der Waals surface area contributed by atoms with Crippen LogP contribution in [0.1, 0.15) is 5.56 Å². The van der Waals surface area contributed by atoms with Gasteiger partial charge >= 0.3 is 11.8 Å². The highest BCUT2D eigenvalue weighted by Crippen LogP contribution is 2.22. The van der Waals surface area contributed by atoms with Crippen LogP contribution in [0.3, 0.4) is 0 Å². The van der Waals surface area contributed by atoms with Crippen molar-refractivity contribution >= 4 is 51.6 Å². The second-order valence-corrected chi connectivity index (χ2v) is 6.09. The number of carbonyl (C=O) groups is 2. The number of nitrogens with one attached hydrogen (secondary N) is 2. The third-order valence-electron chi connectivity index (χ3n) is 3.55. The minimum Gasteiger partial charge on any atom is -0.344 e. The van der Waals surface area contributed by atoms with E-state index < -0.39 is 11.8 Å². The van der Waals surface area contributed by atoms with Gasteiger partial charge in [-0.1, -0.05) is 35.3 Å². The summed E-state index contributed by atoms with van der Waals surface area (Å²) < 4.78 is 0. The number of benzene rings is 2. The van der Waals surface area contributed by atoms with Gasteiger partial charge in [0, 0.05) is 28.2 Å². The second kappa shape index (κ2) is 7.51. The summed E-state index contributed by atoms with van der Waals surface area (Å²) in [5.74, 6) is -1.52. The summed E-state index contributed by atoms with van der Waals surface area (Å²) in [7, 11) is 0. The third kappa shape index (κ3) is 4.07. The fourth-order valence-corrected chi connectivity index (χ4v) is 2.79. The van der Waals surface area contributed by atoms with Crippen LogP contribution in [0.5, 0.6) is 0 Å². The third-order valence-corrected chi connectivity index (χ3v) is 4.14. The van der Waals surface area contributed by atoms with Crippen LogP contribution in [-0.4, -0.2) is 16.8 Å². The Morgan fingerprint density at radius 2 is 1.84 bits per heavy atom. The summed E-state index contributed by atoms with van der Waals surface area (Å²) in [5, 5.41) is 6.82. The van der Waals surface area contributed by atoms with Gasteiger partial charge < -0.3 is 10.6 Å². The van der Waals surface area contributed by atoms with Gasteiger partial charge in [-0.15, -0.1) is 0 Å². The van der Waals surface area contributed by atoms with E-state index in [1.165, 1.54) is 0 Å². The molecule has 0 fully saturated rings. The fraction of sp³-hybridized carbons (Fsp3) is 0.0556. The maximum atomic E-state index is 12.1. The molecule has 0 spiro atoms. The molecule has 0 saturated carbocycles. The van der Waals surface area contributed by atoms with Crippen molar-refractivity contribution < 1.29 is 9.59 Å². The number of nitrogens with zero attached hydrogens (tertiary/aromatic N) is 1. The summed E-state index contributed by atoms with van der Waals surface area (Å²) in [5.41, 5.74) is 1.92. The molecule has 1 aromatic heterocycles. The number of aromatic nitrogens is 1. The molecular formula is C18H13Cl2N3O2. The highest BCUT2D eigenvalue weighted by atomic mass is 35.5. The second-order valence-electron chi connectivity index (χ2n) is 5.25. The standard InChI is InChI=1S/C18H13Cl2N3O2/c19-12-7-6-11(14(20)9-12)10-22-17(24)18(25)23-16-5-1-4-15-13(16)3-2-8-21-15/h1-9H,10H2,(H,22,24)(H,23,25). The quantitative estimate of drug-likeness (QED) is 0.685. The molecule has 3 aromatic rings. The van der Waals surface area contributed by atoms with Crippen LogP contribution in [-0.2, 0) is 16.1 Å². The maximum absolute atomic E-state index is 12.1. The number of pyridine rings is 1. The minimum absolute atomic E-state index is 0.124. The van der Waals surface area contributed by atoms with Crippen LogP contribution in [0.4, 0.5) is 5.69 Å². The molecule has 2 N–H and O–H groups in total. The van der Waals surface area contributed by atoms with E-state index in [-0.39, 0.29) is 6.54 Å². The molecule has 0 radical (unpaired) electrons. The van der Waals surface area contributed by atoms with Crippen molar-refractivity contribution in [2.24, 2.45) is 0 Å². The normalized spacial score (nSPS) is 10.5. The van der Waals surface area contributed by atoms with Crippen LogP contribution < -0.4 is 10.6 Å². The lowest BCUT2D eigenvalue weighted by atomic mass is 10.2. The molecule has 25 heavy (non-hydrogen) atoms. The number of fused-ring (bicyclic) bond motifs is 1. The molecule has 7 heteroatoms. The molecule has 0 aliphatic rings. The molecule has 0 unspecified atom stereocenters. The van der Waals surface area contributed by atoms with Crippen molar-refractivity contribution in [2.75, 3.05) is 5.32 Å². The zero-order valence-electron chi connectivity index (χ0n) is 12.9. The number of anilines is 1. The zero-order valence-corrected chi connectivity index (χ0v) is 14.4. The molecule has 0 bridgehead atoms. The Bertz CT molecular complexity index is 955. The molecular weight excluding hydrogens is 361 g/mol. The monoisotopic (exact) mass is 373 g/mol. The summed E-state index contributed by atoms with van der Waals surface area (Å²) in [6.45, 7) is 0.124. The first kappa shape index (κ1) is 17.2. The van der Waals surface area contributed by atoms with E-state index in [4.69, 9.17) is 23.2 Å². The predicted octanol–water partition coefficient (Wildman–Crippen LogP) is 3.80. The Labute approximate surface area is 154 Å². The molecule has 0 aliphatic heterocycles. The van der Waals surface area contributed by atoms with Crippen molar-refractivity contribution in [1.82, 2.24) is 10.3 Å². The van der Waals surface area contributed by atoms with E-state index in [1.807, 2.05) is 12.1 Å². The Morgan fingerprint density at radius 3 is 2.64 bits per heavy atom. The molecule has 2 amide bonds. The number of hydrogen-bond donors (Lipinski definition) is 2. The van der Waals surface area contributed by atoms with Crippen molar-refractivity contribution in [1.29, 1.82) is 0 Å². The van der Waals surface area contributed by atoms with Crippen molar-refractivity contribution in [3.05, 3.63) is 70.3 Å². The van der Waals surface area contributed by atoms with Crippen LogP contribution in [0.2, 0.25) is 10.0 Å². The van der Waals surface area contributed by atoms with Crippen molar-refractivity contribution in [3.8, 4) is 0 Å². The van der Waals surface area contributed by atoms with E-state index in [9.17, 15) is 9.59 Å². The van der Waals surface area contributed by atoms with Gasteiger partial charge in [-0.3, -0.25) is 14.6 Å². The number of rotatable bonds is 3. The van der Waals surface area contributed by atoms with Crippen molar-refractivity contribution in [3.63, 3.8) is 0 Å². The Morgan fingerprint density at radius 1 is 1.00 bits per heavy atom. The topological polar surface area (TPSA) is 71.1 Å². The van der Waals surface area contributed by atoms with E-state index in [0.717, 1.165) is 10.9 Å². The van der Waals surface area contributed by atoms with Crippen LogP contribution >= 0.6 is 23.2 Å².